The molecule has 138 valence electrons. The summed E-state index contributed by atoms with van der Waals surface area (Å²) in [6, 6.07) is 0.969. The Bertz CT molecular complexity index is 436. The molecule has 0 unspecified atom stereocenters. The van der Waals surface area contributed by atoms with E-state index in [2.05, 4.69) is 42.4 Å². The van der Waals surface area contributed by atoms with Gasteiger partial charge in [0, 0.05) is 44.8 Å². The predicted octanol–water partition coefficient (Wildman–Crippen LogP) is 2.83. The monoisotopic (exact) mass is 335 g/mol. The molecule has 0 bridgehead atoms. The smallest absolute Gasteiger partial charge is 0.237 e. The average molecular weight is 336 g/mol. The van der Waals surface area contributed by atoms with E-state index in [1.54, 1.807) is 0 Å². The highest BCUT2D eigenvalue weighted by Crippen LogP contribution is 2.51. The van der Waals surface area contributed by atoms with Gasteiger partial charge in [0.05, 0.1) is 6.54 Å². The highest BCUT2D eigenvalue weighted by Gasteiger charge is 2.44. The maximum atomic E-state index is 12.5. The summed E-state index contributed by atoms with van der Waals surface area (Å²) < 4.78 is 0. The second kappa shape index (κ2) is 7.33. The van der Waals surface area contributed by atoms with E-state index in [0.29, 0.717) is 30.0 Å². The Kier molecular flexibility index (Phi) is 5.55. The fourth-order valence-corrected chi connectivity index (χ4v) is 4.86. The summed E-state index contributed by atoms with van der Waals surface area (Å²) in [6.07, 6.45) is 6.60. The van der Waals surface area contributed by atoms with Crippen molar-refractivity contribution in [3.63, 3.8) is 0 Å². The summed E-state index contributed by atoms with van der Waals surface area (Å²) in [5.74, 6) is 1.17. The number of piperazine rings is 1. The fourth-order valence-electron chi connectivity index (χ4n) is 4.86. The van der Waals surface area contributed by atoms with Crippen molar-refractivity contribution in [2.24, 2.45) is 11.3 Å². The minimum absolute atomic E-state index is 0.354. The molecule has 0 radical (unpaired) electrons. The number of nitrogens with zero attached hydrogens (tertiary/aromatic N) is 3. The number of carbonyl (C=O) groups is 1. The lowest BCUT2D eigenvalue weighted by Gasteiger charge is -2.44. The minimum atomic E-state index is 0.354. The van der Waals surface area contributed by atoms with E-state index in [9.17, 15) is 4.79 Å². The summed E-state index contributed by atoms with van der Waals surface area (Å²) in [7, 11) is 0. The first-order valence-corrected chi connectivity index (χ1v) is 10.1. The van der Waals surface area contributed by atoms with Crippen molar-refractivity contribution in [1.29, 1.82) is 0 Å². The van der Waals surface area contributed by atoms with Crippen LogP contribution in [0.5, 0.6) is 0 Å². The Hall–Kier alpha value is -0.610. The van der Waals surface area contributed by atoms with Crippen LogP contribution in [0.4, 0.5) is 0 Å². The topological polar surface area (TPSA) is 26.8 Å². The van der Waals surface area contributed by atoms with Crippen LogP contribution in [0.3, 0.4) is 0 Å². The molecule has 24 heavy (non-hydrogen) atoms. The van der Waals surface area contributed by atoms with Crippen LogP contribution in [0.2, 0.25) is 0 Å². The van der Waals surface area contributed by atoms with Gasteiger partial charge in [-0.1, -0.05) is 13.8 Å². The SMILES string of the molecule is CC(C)CC1(CN2CCC(N3CCN(C(C)C)CC3=O)CC2)CC1. The molecule has 0 N–H and O–H groups in total. The first kappa shape index (κ1) is 18.2. The van der Waals surface area contributed by atoms with E-state index >= 15 is 0 Å². The molecule has 2 aliphatic heterocycles. The van der Waals surface area contributed by atoms with Gasteiger partial charge in [-0.2, -0.15) is 0 Å². The molecule has 3 fully saturated rings. The lowest BCUT2D eigenvalue weighted by molar-refractivity contribution is -0.140. The standard InChI is InChI=1S/C20H37N3O/c1-16(2)13-20(7-8-20)15-21-9-5-18(6-10-21)23-12-11-22(17(3)4)14-19(23)24/h16-18H,5-15H2,1-4H3. The third-order valence-corrected chi connectivity index (χ3v) is 6.37. The zero-order valence-electron chi connectivity index (χ0n) is 16.3. The van der Waals surface area contributed by atoms with Crippen molar-refractivity contribution < 1.29 is 4.79 Å². The van der Waals surface area contributed by atoms with Crippen molar-refractivity contribution in [3.05, 3.63) is 0 Å². The van der Waals surface area contributed by atoms with Gasteiger partial charge in [-0.15, -0.1) is 0 Å². The van der Waals surface area contributed by atoms with Crippen LogP contribution in [-0.2, 0) is 4.79 Å². The lowest BCUT2D eigenvalue weighted by atomic mass is 9.92. The van der Waals surface area contributed by atoms with Gasteiger partial charge in [-0.3, -0.25) is 9.69 Å². The second-order valence-electron chi connectivity index (χ2n) is 9.26. The number of hydrogen-bond acceptors (Lipinski definition) is 3. The maximum Gasteiger partial charge on any atom is 0.237 e. The molecule has 3 rings (SSSR count). The van der Waals surface area contributed by atoms with Gasteiger partial charge >= 0.3 is 0 Å². The largest absolute Gasteiger partial charge is 0.337 e. The van der Waals surface area contributed by atoms with Gasteiger partial charge in [0.2, 0.25) is 5.91 Å². The van der Waals surface area contributed by atoms with Crippen LogP contribution in [0.25, 0.3) is 0 Å². The van der Waals surface area contributed by atoms with Gasteiger partial charge in [0.15, 0.2) is 0 Å². The third kappa shape index (κ3) is 4.32. The van der Waals surface area contributed by atoms with Crippen molar-refractivity contribution >= 4 is 5.91 Å². The summed E-state index contributed by atoms with van der Waals surface area (Å²) in [4.78, 5) is 19.7. The van der Waals surface area contributed by atoms with E-state index in [1.165, 1.54) is 51.7 Å². The number of piperidine rings is 1. The summed E-state index contributed by atoms with van der Waals surface area (Å²) in [6.45, 7) is 15.3. The van der Waals surface area contributed by atoms with Crippen LogP contribution in [0.15, 0.2) is 0 Å². The highest BCUT2D eigenvalue weighted by molar-refractivity contribution is 5.79. The fraction of sp³-hybridized carbons (Fsp3) is 0.950. The van der Waals surface area contributed by atoms with E-state index < -0.39 is 0 Å². The van der Waals surface area contributed by atoms with Crippen LogP contribution >= 0.6 is 0 Å². The molecule has 2 heterocycles. The van der Waals surface area contributed by atoms with Gasteiger partial charge < -0.3 is 9.80 Å². The van der Waals surface area contributed by atoms with E-state index in [0.717, 1.165) is 19.0 Å². The normalized spacial score (nSPS) is 26.6. The molecule has 1 aliphatic carbocycles. The van der Waals surface area contributed by atoms with Gasteiger partial charge in [0.25, 0.3) is 0 Å². The van der Waals surface area contributed by atoms with E-state index in [-0.39, 0.29) is 0 Å². The van der Waals surface area contributed by atoms with Crippen LogP contribution < -0.4 is 0 Å². The molecule has 0 aromatic rings. The quantitative estimate of drug-likeness (QED) is 0.747. The molecule has 1 amide bonds. The number of carbonyl (C=O) groups excluding carboxylic acids is 1. The van der Waals surface area contributed by atoms with Crippen molar-refractivity contribution in [3.8, 4) is 0 Å². The number of amides is 1. The Morgan fingerprint density at radius 2 is 1.71 bits per heavy atom. The molecule has 0 aromatic carbocycles. The van der Waals surface area contributed by atoms with Crippen molar-refractivity contribution in [2.75, 3.05) is 39.3 Å². The molecule has 2 saturated heterocycles. The van der Waals surface area contributed by atoms with Crippen molar-refractivity contribution in [1.82, 2.24) is 14.7 Å². The first-order valence-electron chi connectivity index (χ1n) is 10.1. The molecule has 0 atom stereocenters. The molecule has 4 nitrogen and oxygen atoms in total. The van der Waals surface area contributed by atoms with Gasteiger partial charge in [-0.25, -0.2) is 0 Å². The lowest BCUT2D eigenvalue weighted by Crippen LogP contribution is -2.57. The molecular formula is C20H37N3O. The summed E-state index contributed by atoms with van der Waals surface area (Å²) in [5.41, 5.74) is 0.639. The zero-order chi connectivity index (χ0) is 17.3. The van der Waals surface area contributed by atoms with Gasteiger partial charge in [0.1, 0.15) is 0 Å². The number of likely N-dealkylation sites (tertiary alicyclic amines) is 1. The van der Waals surface area contributed by atoms with Crippen molar-refractivity contribution in [2.45, 2.75) is 71.9 Å². The molecule has 3 aliphatic rings. The first-order chi connectivity index (χ1) is 11.4. The van der Waals surface area contributed by atoms with E-state index in [1.807, 2.05) is 0 Å². The Labute approximate surface area is 148 Å². The molecule has 0 aromatic heterocycles. The Balaban J connectivity index is 1.45. The van der Waals surface area contributed by atoms with Crippen LogP contribution in [-0.4, -0.2) is 72.0 Å². The average Bonchev–Trinajstić information content (AvgIpc) is 3.26. The Morgan fingerprint density at radius 1 is 1.04 bits per heavy atom. The zero-order valence-corrected chi connectivity index (χ0v) is 16.3. The molecule has 4 heteroatoms. The van der Waals surface area contributed by atoms with Crippen LogP contribution in [0, 0.1) is 11.3 Å². The summed E-state index contributed by atoms with van der Waals surface area (Å²) in [5, 5.41) is 0. The third-order valence-electron chi connectivity index (χ3n) is 6.37. The summed E-state index contributed by atoms with van der Waals surface area (Å²) >= 11 is 0. The predicted molar refractivity (Wildman–Crippen MR) is 99.0 cm³/mol. The van der Waals surface area contributed by atoms with Crippen LogP contribution in [0.1, 0.15) is 59.8 Å². The van der Waals surface area contributed by atoms with E-state index in [4.69, 9.17) is 0 Å². The Morgan fingerprint density at radius 3 is 2.21 bits per heavy atom. The number of rotatable bonds is 6. The maximum absolute atomic E-state index is 12.5. The second-order valence-corrected chi connectivity index (χ2v) is 9.26. The molecular weight excluding hydrogens is 298 g/mol. The molecule has 0 spiro atoms. The minimum Gasteiger partial charge on any atom is -0.337 e. The highest BCUT2D eigenvalue weighted by atomic mass is 16.2. The molecule has 1 saturated carbocycles. The number of hydrogen-bond donors (Lipinski definition) is 0. The van der Waals surface area contributed by atoms with Gasteiger partial charge in [-0.05, 0) is 57.3 Å².